The average Bonchev–Trinajstić information content (AvgIpc) is 2.27. The molecule has 0 amide bonds. The Hall–Kier alpha value is -1.84. The van der Waals surface area contributed by atoms with E-state index in [1.165, 1.54) is 7.11 Å². The van der Waals surface area contributed by atoms with Crippen LogP contribution in [0.5, 0.6) is 0 Å². The first-order valence-corrected chi connectivity index (χ1v) is 4.49. The van der Waals surface area contributed by atoms with Crippen LogP contribution >= 0.6 is 0 Å². The zero-order valence-corrected chi connectivity index (χ0v) is 9.15. The first-order valence-electron chi connectivity index (χ1n) is 4.49. The number of hydrogen-bond donors (Lipinski definition) is 0. The van der Waals surface area contributed by atoms with Crippen molar-refractivity contribution in [1.29, 1.82) is 0 Å². The second-order valence-electron chi connectivity index (χ2n) is 3.20. The van der Waals surface area contributed by atoms with Gasteiger partial charge in [-0.3, -0.25) is 0 Å². The van der Waals surface area contributed by atoms with Crippen LogP contribution in [0.1, 0.15) is 16.1 Å². The topological polar surface area (TPSA) is 42.4 Å². The van der Waals surface area contributed by atoms with Gasteiger partial charge in [-0.05, 0) is 12.1 Å². The molecular weight excluding hydrogens is 192 g/mol. The minimum absolute atomic E-state index is 0.298. The van der Waals surface area contributed by atoms with Gasteiger partial charge in [-0.1, -0.05) is 12.7 Å². The molecule has 0 radical (unpaired) electrons. The molecular formula is C11H14N2O2. The van der Waals surface area contributed by atoms with Crippen molar-refractivity contribution in [2.75, 3.05) is 26.1 Å². The fraction of sp³-hybridized carbons (Fsp3) is 0.273. The number of pyridine rings is 1. The molecule has 15 heavy (non-hydrogen) atoms. The summed E-state index contributed by atoms with van der Waals surface area (Å²) in [7, 11) is 5.05. The minimum atomic E-state index is -0.436. The van der Waals surface area contributed by atoms with Gasteiger partial charge in [0.25, 0.3) is 0 Å². The number of rotatable bonds is 3. The molecule has 0 saturated heterocycles. The van der Waals surface area contributed by atoms with Crippen molar-refractivity contribution in [3.05, 3.63) is 30.0 Å². The van der Waals surface area contributed by atoms with Crippen molar-refractivity contribution in [1.82, 2.24) is 4.98 Å². The van der Waals surface area contributed by atoms with E-state index in [2.05, 4.69) is 16.3 Å². The maximum Gasteiger partial charge on any atom is 0.356 e. The Morgan fingerprint density at radius 1 is 1.53 bits per heavy atom. The Kier molecular flexibility index (Phi) is 3.44. The summed E-state index contributed by atoms with van der Waals surface area (Å²) in [6.45, 7) is 3.69. The molecule has 80 valence electrons. The monoisotopic (exact) mass is 206 g/mol. The van der Waals surface area contributed by atoms with Crippen LogP contribution in [-0.4, -0.2) is 32.2 Å². The lowest BCUT2D eigenvalue weighted by molar-refractivity contribution is 0.0594. The quantitative estimate of drug-likeness (QED) is 0.704. The Labute approximate surface area is 89.2 Å². The third kappa shape index (κ3) is 2.34. The van der Waals surface area contributed by atoms with Gasteiger partial charge in [0.1, 0.15) is 5.82 Å². The van der Waals surface area contributed by atoms with Crippen LogP contribution in [0.4, 0.5) is 5.82 Å². The van der Waals surface area contributed by atoms with Gasteiger partial charge in [-0.2, -0.15) is 0 Å². The first-order chi connectivity index (χ1) is 7.10. The summed E-state index contributed by atoms with van der Waals surface area (Å²) in [5.41, 5.74) is 1.18. The highest BCUT2D eigenvalue weighted by atomic mass is 16.5. The number of esters is 1. The van der Waals surface area contributed by atoms with Crippen LogP contribution in [0.25, 0.3) is 6.08 Å². The lowest BCUT2D eigenvalue weighted by Crippen LogP contribution is -2.15. The molecule has 0 aliphatic carbocycles. The molecule has 0 spiro atoms. The van der Waals surface area contributed by atoms with E-state index >= 15 is 0 Å². The van der Waals surface area contributed by atoms with Crippen LogP contribution in [0, 0.1) is 0 Å². The SMILES string of the molecule is C=Cc1ccc(C(=O)OC)nc1N(C)C. The normalized spacial score (nSPS) is 9.53. The van der Waals surface area contributed by atoms with Crippen LogP contribution in [0.3, 0.4) is 0 Å². The Balaban J connectivity index is 3.21. The molecule has 0 N–H and O–H groups in total. The number of anilines is 1. The second kappa shape index (κ2) is 4.59. The van der Waals surface area contributed by atoms with E-state index in [0.29, 0.717) is 11.5 Å². The molecule has 0 atom stereocenters. The van der Waals surface area contributed by atoms with Crippen LogP contribution in [0.2, 0.25) is 0 Å². The molecule has 1 aromatic rings. The Morgan fingerprint density at radius 2 is 2.20 bits per heavy atom. The summed E-state index contributed by atoms with van der Waals surface area (Å²) in [6, 6.07) is 3.41. The third-order valence-corrected chi connectivity index (χ3v) is 1.94. The van der Waals surface area contributed by atoms with E-state index in [4.69, 9.17) is 0 Å². The van der Waals surface area contributed by atoms with Crippen molar-refractivity contribution in [2.45, 2.75) is 0 Å². The van der Waals surface area contributed by atoms with Gasteiger partial charge in [0.15, 0.2) is 5.69 Å². The fourth-order valence-electron chi connectivity index (χ4n) is 1.19. The van der Waals surface area contributed by atoms with Gasteiger partial charge in [0.05, 0.1) is 7.11 Å². The lowest BCUT2D eigenvalue weighted by Gasteiger charge is -2.14. The van der Waals surface area contributed by atoms with Gasteiger partial charge >= 0.3 is 5.97 Å². The van der Waals surface area contributed by atoms with Crippen molar-refractivity contribution < 1.29 is 9.53 Å². The summed E-state index contributed by atoms with van der Waals surface area (Å²) in [5.74, 6) is 0.265. The number of methoxy groups -OCH3 is 1. The van der Waals surface area contributed by atoms with E-state index in [1.807, 2.05) is 19.0 Å². The Morgan fingerprint density at radius 3 is 2.67 bits per heavy atom. The second-order valence-corrected chi connectivity index (χ2v) is 3.20. The number of nitrogens with zero attached hydrogens (tertiary/aromatic N) is 2. The number of ether oxygens (including phenoxy) is 1. The number of carbonyl (C=O) groups is 1. The summed E-state index contributed by atoms with van der Waals surface area (Å²) in [4.78, 5) is 17.3. The molecule has 0 aliphatic heterocycles. The van der Waals surface area contributed by atoms with Crippen LogP contribution < -0.4 is 4.90 Å². The first kappa shape index (κ1) is 11.2. The zero-order valence-electron chi connectivity index (χ0n) is 9.15. The molecule has 0 aromatic carbocycles. The molecule has 0 saturated carbocycles. The summed E-state index contributed by atoms with van der Waals surface area (Å²) < 4.78 is 4.60. The standard InChI is InChI=1S/C11H14N2O2/c1-5-8-6-7-9(11(14)15-4)12-10(8)13(2)3/h5-7H,1H2,2-4H3. The summed E-state index contributed by atoms with van der Waals surface area (Å²) in [6.07, 6.45) is 1.70. The zero-order chi connectivity index (χ0) is 11.4. The average molecular weight is 206 g/mol. The molecule has 4 heteroatoms. The number of aromatic nitrogens is 1. The highest BCUT2D eigenvalue weighted by Crippen LogP contribution is 2.17. The molecule has 0 fully saturated rings. The van der Waals surface area contributed by atoms with Crippen molar-refractivity contribution in [3.8, 4) is 0 Å². The minimum Gasteiger partial charge on any atom is -0.464 e. The highest BCUT2D eigenvalue weighted by molar-refractivity contribution is 5.88. The van der Waals surface area contributed by atoms with Crippen LogP contribution in [0.15, 0.2) is 18.7 Å². The van der Waals surface area contributed by atoms with E-state index in [9.17, 15) is 4.79 Å². The summed E-state index contributed by atoms with van der Waals surface area (Å²) in [5, 5.41) is 0. The van der Waals surface area contributed by atoms with Crippen LogP contribution in [-0.2, 0) is 4.74 Å². The predicted octanol–water partition coefficient (Wildman–Crippen LogP) is 1.58. The molecule has 1 heterocycles. The van der Waals surface area contributed by atoms with Crippen molar-refractivity contribution in [3.63, 3.8) is 0 Å². The van der Waals surface area contributed by atoms with Gasteiger partial charge < -0.3 is 9.64 Å². The molecule has 1 aromatic heterocycles. The summed E-state index contributed by atoms with van der Waals surface area (Å²) >= 11 is 0. The molecule has 0 unspecified atom stereocenters. The van der Waals surface area contributed by atoms with Gasteiger partial charge in [0, 0.05) is 19.7 Å². The fourth-order valence-corrected chi connectivity index (χ4v) is 1.19. The Bertz CT molecular complexity index is 386. The molecule has 4 nitrogen and oxygen atoms in total. The lowest BCUT2D eigenvalue weighted by atomic mass is 10.2. The van der Waals surface area contributed by atoms with E-state index in [1.54, 1.807) is 18.2 Å². The van der Waals surface area contributed by atoms with E-state index in [0.717, 1.165) is 5.56 Å². The van der Waals surface area contributed by atoms with Gasteiger partial charge in [-0.25, -0.2) is 9.78 Å². The predicted molar refractivity (Wildman–Crippen MR) is 60.0 cm³/mol. The van der Waals surface area contributed by atoms with Gasteiger partial charge in [-0.15, -0.1) is 0 Å². The van der Waals surface area contributed by atoms with Crippen molar-refractivity contribution in [2.24, 2.45) is 0 Å². The third-order valence-electron chi connectivity index (χ3n) is 1.94. The number of hydrogen-bond acceptors (Lipinski definition) is 4. The molecule has 1 rings (SSSR count). The molecule has 0 aliphatic rings. The number of carbonyl (C=O) groups excluding carboxylic acids is 1. The highest BCUT2D eigenvalue weighted by Gasteiger charge is 2.11. The smallest absolute Gasteiger partial charge is 0.356 e. The van der Waals surface area contributed by atoms with E-state index < -0.39 is 5.97 Å². The van der Waals surface area contributed by atoms with Crippen molar-refractivity contribution >= 4 is 17.9 Å². The van der Waals surface area contributed by atoms with E-state index in [-0.39, 0.29) is 0 Å². The maximum absolute atomic E-state index is 11.3. The maximum atomic E-state index is 11.3. The molecule has 0 bridgehead atoms. The largest absolute Gasteiger partial charge is 0.464 e. The van der Waals surface area contributed by atoms with Gasteiger partial charge in [0.2, 0.25) is 0 Å².